The molecule has 0 aliphatic heterocycles. The minimum atomic E-state index is -0.116. The molecule has 0 aromatic rings. The fourth-order valence-electron chi connectivity index (χ4n) is 2.20. The molecule has 110 valence electrons. The molecule has 3 nitrogen and oxygen atoms in total. The zero-order valence-corrected chi connectivity index (χ0v) is 13.0. The Bertz CT molecular complexity index is 321. The van der Waals surface area contributed by atoms with E-state index < -0.39 is 0 Å². The van der Waals surface area contributed by atoms with Crippen LogP contribution < -0.4 is 10.6 Å². The van der Waals surface area contributed by atoms with Crippen LogP contribution in [-0.2, 0) is 4.79 Å². The summed E-state index contributed by atoms with van der Waals surface area (Å²) in [6, 6.07) is -0.116. The van der Waals surface area contributed by atoms with E-state index in [4.69, 9.17) is 0 Å². The summed E-state index contributed by atoms with van der Waals surface area (Å²) in [5.41, 5.74) is 1.44. The van der Waals surface area contributed by atoms with Crippen molar-refractivity contribution in [3.05, 3.63) is 11.6 Å². The third-order valence-electron chi connectivity index (χ3n) is 4.02. The molecule has 0 fully saturated rings. The second-order valence-electron chi connectivity index (χ2n) is 6.26. The van der Waals surface area contributed by atoms with E-state index in [1.807, 2.05) is 6.92 Å². The molecule has 0 saturated heterocycles. The Morgan fingerprint density at radius 3 is 2.74 bits per heavy atom. The largest absolute Gasteiger partial charge is 0.350 e. The van der Waals surface area contributed by atoms with Gasteiger partial charge in [-0.05, 0) is 65.8 Å². The maximum absolute atomic E-state index is 12.0. The summed E-state index contributed by atoms with van der Waals surface area (Å²) >= 11 is 0. The first-order valence-corrected chi connectivity index (χ1v) is 7.68. The first-order valence-electron chi connectivity index (χ1n) is 7.68. The SMILES string of the molecule is CCC(C)(C)NC(=O)C(C)NCCC1=CCCCC1. The van der Waals surface area contributed by atoms with Gasteiger partial charge in [0.25, 0.3) is 0 Å². The molecule has 0 saturated carbocycles. The smallest absolute Gasteiger partial charge is 0.237 e. The van der Waals surface area contributed by atoms with Crippen LogP contribution in [0.2, 0.25) is 0 Å². The van der Waals surface area contributed by atoms with Gasteiger partial charge in [0.1, 0.15) is 0 Å². The highest BCUT2D eigenvalue weighted by Gasteiger charge is 2.21. The van der Waals surface area contributed by atoms with Gasteiger partial charge < -0.3 is 10.6 Å². The van der Waals surface area contributed by atoms with Crippen LogP contribution in [0.5, 0.6) is 0 Å². The van der Waals surface area contributed by atoms with Crippen molar-refractivity contribution < 1.29 is 4.79 Å². The number of hydrogen-bond donors (Lipinski definition) is 2. The third kappa shape index (κ3) is 6.24. The van der Waals surface area contributed by atoms with Crippen LogP contribution in [0.25, 0.3) is 0 Å². The van der Waals surface area contributed by atoms with Gasteiger partial charge in [0.15, 0.2) is 0 Å². The van der Waals surface area contributed by atoms with E-state index in [1.165, 1.54) is 25.7 Å². The number of nitrogens with one attached hydrogen (secondary N) is 2. The van der Waals surface area contributed by atoms with Gasteiger partial charge in [-0.25, -0.2) is 0 Å². The molecule has 0 bridgehead atoms. The van der Waals surface area contributed by atoms with Gasteiger partial charge in [-0.2, -0.15) is 0 Å². The normalized spacial score (nSPS) is 17.8. The molecule has 2 N–H and O–H groups in total. The Kier molecular flexibility index (Phi) is 6.56. The summed E-state index contributed by atoms with van der Waals surface area (Å²) in [5, 5.41) is 6.40. The molecule has 0 aromatic carbocycles. The van der Waals surface area contributed by atoms with Crippen LogP contribution in [0, 0.1) is 0 Å². The first kappa shape index (κ1) is 16.2. The first-order chi connectivity index (χ1) is 8.94. The highest BCUT2D eigenvalue weighted by Crippen LogP contribution is 2.19. The van der Waals surface area contributed by atoms with Crippen molar-refractivity contribution >= 4 is 5.91 Å². The number of carbonyl (C=O) groups is 1. The maximum Gasteiger partial charge on any atom is 0.237 e. The molecule has 0 heterocycles. The Balaban J connectivity index is 2.24. The van der Waals surface area contributed by atoms with Crippen LogP contribution in [0.15, 0.2) is 11.6 Å². The Hall–Kier alpha value is -0.830. The highest BCUT2D eigenvalue weighted by molar-refractivity contribution is 5.81. The number of amides is 1. The van der Waals surface area contributed by atoms with E-state index >= 15 is 0 Å². The molecule has 19 heavy (non-hydrogen) atoms. The summed E-state index contributed by atoms with van der Waals surface area (Å²) in [6.07, 6.45) is 9.53. The lowest BCUT2D eigenvalue weighted by atomic mass is 9.97. The number of hydrogen-bond acceptors (Lipinski definition) is 2. The predicted octanol–water partition coefficient (Wildman–Crippen LogP) is 3.16. The lowest BCUT2D eigenvalue weighted by Gasteiger charge is -2.27. The van der Waals surface area contributed by atoms with Gasteiger partial charge in [0.2, 0.25) is 5.91 Å². The lowest BCUT2D eigenvalue weighted by molar-refractivity contribution is -0.124. The molecular weight excluding hydrogens is 236 g/mol. The predicted molar refractivity (Wildman–Crippen MR) is 81.1 cm³/mol. The van der Waals surface area contributed by atoms with E-state index in [1.54, 1.807) is 5.57 Å². The summed E-state index contributed by atoms with van der Waals surface area (Å²) in [6.45, 7) is 9.05. The van der Waals surface area contributed by atoms with E-state index in [2.05, 4.69) is 37.5 Å². The van der Waals surface area contributed by atoms with Crippen molar-refractivity contribution in [1.29, 1.82) is 0 Å². The van der Waals surface area contributed by atoms with E-state index in [0.717, 1.165) is 19.4 Å². The van der Waals surface area contributed by atoms with E-state index in [0.29, 0.717) is 0 Å². The quantitative estimate of drug-likeness (QED) is 0.695. The van der Waals surface area contributed by atoms with Crippen molar-refractivity contribution in [1.82, 2.24) is 10.6 Å². The molecule has 3 heteroatoms. The zero-order chi connectivity index (χ0) is 14.3. The molecule has 1 aliphatic rings. The van der Waals surface area contributed by atoms with Crippen molar-refractivity contribution in [2.45, 2.75) is 77.8 Å². The molecule has 1 unspecified atom stereocenters. The number of rotatable bonds is 7. The number of allylic oxidation sites excluding steroid dienone is 1. The molecule has 1 amide bonds. The molecule has 1 rings (SSSR count). The van der Waals surface area contributed by atoms with Gasteiger partial charge in [0, 0.05) is 5.54 Å². The van der Waals surface area contributed by atoms with Crippen LogP contribution in [-0.4, -0.2) is 24.0 Å². The van der Waals surface area contributed by atoms with E-state index in [-0.39, 0.29) is 17.5 Å². The average molecular weight is 266 g/mol. The van der Waals surface area contributed by atoms with Crippen molar-refractivity contribution in [2.75, 3.05) is 6.54 Å². The fraction of sp³-hybridized carbons (Fsp3) is 0.812. The highest BCUT2D eigenvalue weighted by atomic mass is 16.2. The molecule has 1 aliphatic carbocycles. The summed E-state index contributed by atoms with van der Waals surface area (Å²) in [7, 11) is 0. The van der Waals surface area contributed by atoms with Gasteiger partial charge >= 0.3 is 0 Å². The Morgan fingerprint density at radius 1 is 1.42 bits per heavy atom. The third-order valence-corrected chi connectivity index (χ3v) is 4.02. The average Bonchev–Trinajstić information content (AvgIpc) is 2.39. The molecule has 0 aromatic heterocycles. The summed E-state index contributed by atoms with van der Waals surface area (Å²) < 4.78 is 0. The van der Waals surface area contributed by atoms with Gasteiger partial charge in [0.05, 0.1) is 6.04 Å². The van der Waals surface area contributed by atoms with Crippen LogP contribution in [0.4, 0.5) is 0 Å². The Morgan fingerprint density at radius 2 is 2.16 bits per heavy atom. The van der Waals surface area contributed by atoms with Gasteiger partial charge in [-0.1, -0.05) is 18.6 Å². The molecule has 0 radical (unpaired) electrons. The maximum atomic E-state index is 12.0. The summed E-state index contributed by atoms with van der Waals surface area (Å²) in [5.74, 6) is 0.101. The minimum absolute atomic E-state index is 0.101. The fourth-order valence-corrected chi connectivity index (χ4v) is 2.20. The minimum Gasteiger partial charge on any atom is -0.350 e. The molecule has 0 spiro atoms. The summed E-state index contributed by atoms with van der Waals surface area (Å²) in [4.78, 5) is 12.0. The van der Waals surface area contributed by atoms with Crippen molar-refractivity contribution in [2.24, 2.45) is 0 Å². The second kappa shape index (κ2) is 7.68. The standard InChI is InChI=1S/C16H30N2O/c1-5-16(3,4)18-15(19)13(2)17-12-11-14-9-7-6-8-10-14/h9,13,17H,5-8,10-12H2,1-4H3,(H,18,19). The topological polar surface area (TPSA) is 41.1 Å². The van der Waals surface area contributed by atoms with Gasteiger partial charge in [-0.15, -0.1) is 0 Å². The zero-order valence-electron chi connectivity index (χ0n) is 13.0. The van der Waals surface area contributed by atoms with Crippen molar-refractivity contribution in [3.8, 4) is 0 Å². The Labute approximate surface area is 118 Å². The van der Waals surface area contributed by atoms with Crippen LogP contribution >= 0.6 is 0 Å². The van der Waals surface area contributed by atoms with Crippen molar-refractivity contribution in [3.63, 3.8) is 0 Å². The second-order valence-corrected chi connectivity index (χ2v) is 6.26. The molecule has 1 atom stereocenters. The monoisotopic (exact) mass is 266 g/mol. The van der Waals surface area contributed by atoms with Crippen LogP contribution in [0.1, 0.15) is 66.2 Å². The van der Waals surface area contributed by atoms with Gasteiger partial charge in [-0.3, -0.25) is 4.79 Å². The lowest BCUT2D eigenvalue weighted by Crippen LogP contribution is -2.50. The van der Waals surface area contributed by atoms with E-state index in [9.17, 15) is 4.79 Å². The number of carbonyl (C=O) groups excluding carboxylic acids is 1. The molecular formula is C16H30N2O. The van der Waals surface area contributed by atoms with Crippen LogP contribution in [0.3, 0.4) is 0 Å².